The van der Waals surface area contributed by atoms with Gasteiger partial charge in [-0.25, -0.2) is 4.98 Å². The van der Waals surface area contributed by atoms with Crippen LogP contribution in [0.1, 0.15) is 24.4 Å². The molecule has 34 heavy (non-hydrogen) atoms. The quantitative estimate of drug-likeness (QED) is 0.341. The molecule has 0 aliphatic carbocycles. The fraction of sp³-hybridized carbons (Fsp3) is 0.261. The van der Waals surface area contributed by atoms with Crippen molar-refractivity contribution in [3.63, 3.8) is 0 Å². The van der Waals surface area contributed by atoms with Crippen LogP contribution in [0.5, 0.6) is 5.75 Å². The Morgan fingerprint density at radius 1 is 1.12 bits per heavy atom. The summed E-state index contributed by atoms with van der Waals surface area (Å²) in [6.07, 6.45) is 0.250. The van der Waals surface area contributed by atoms with E-state index in [-0.39, 0.29) is 30.0 Å². The summed E-state index contributed by atoms with van der Waals surface area (Å²) < 4.78 is 7.95. The van der Waals surface area contributed by atoms with Crippen LogP contribution in [0.4, 0.5) is 5.13 Å². The van der Waals surface area contributed by atoms with Crippen LogP contribution in [-0.4, -0.2) is 44.4 Å². The highest BCUT2D eigenvalue weighted by Crippen LogP contribution is 2.26. The van der Waals surface area contributed by atoms with Crippen molar-refractivity contribution in [3.05, 3.63) is 59.9 Å². The number of ether oxygens (including phenoxy) is 1. The van der Waals surface area contributed by atoms with Crippen LogP contribution in [-0.2, 0) is 23.1 Å². The molecular weight excluding hydrogens is 472 g/mol. The Morgan fingerprint density at radius 3 is 2.62 bits per heavy atom. The lowest BCUT2D eigenvalue weighted by Gasteiger charge is -2.13. The standard InChI is InChI=1S/C23H24N6O3S2/c1-14(24-19(30)12-15-8-10-16(32-3)11-9-15)21-27-28-23(29(21)2)33-13-20(31)26-22-25-17-6-4-5-7-18(17)34-22/h4-11,14H,12-13H2,1-3H3,(H,24,30)(H,25,26,31). The summed E-state index contributed by atoms with van der Waals surface area (Å²) in [5.41, 5.74) is 1.75. The second kappa shape index (κ2) is 10.7. The number of carbonyl (C=O) groups excluding carboxylic acids is 2. The predicted octanol–water partition coefficient (Wildman–Crippen LogP) is 3.58. The molecule has 0 saturated carbocycles. The number of hydrogen-bond donors (Lipinski definition) is 2. The molecule has 0 aliphatic rings. The number of thiazole rings is 1. The molecule has 2 heterocycles. The number of nitrogens with one attached hydrogen (secondary N) is 2. The zero-order valence-corrected chi connectivity index (χ0v) is 20.6. The lowest BCUT2D eigenvalue weighted by atomic mass is 10.1. The average Bonchev–Trinajstić information content (AvgIpc) is 3.40. The van der Waals surface area contributed by atoms with Crippen LogP contribution in [0.2, 0.25) is 0 Å². The maximum atomic E-state index is 12.5. The topological polar surface area (TPSA) is 111 Å². The van der Waals surface area contributed by atoms with Gasteiger partial charge in [-0.2, -0.15) is 0 Å². The van der Waals surface area contributed by atoms with Gasteiger partial charge >= 0.3 is 0 Å². The first kappa shape index (κ1) is 23.7. The molecule has 11 heteroatoms. The van der Waals surface area contributed by atoms with Crippen molar-refractivity contribution in [1.82, 2.24) is 25.1 Å². The van der Waals surface area contributed by atoms with Gasteiger partial charge in [-0.1, -0.05) is 47.4 Å². The number of anilines is 1. The number of aromatic nitrogens is 4. The summed E-state index contributed by atoms with van der Waals surface area (Å²) in [4.78, 5) is 29.3. The number of carbonyl (C=O) groups is 2. The van der Waals surface area contributed by atoms with Gasteiger partial charge in [-0.05, 0) is 36.8 Å². The van der Waals surface area contributed by atoms with E-state index < -0.39 is 0 Å². The lowest BCUT2D eigenvalue weighted by molar-refractivity contribution is -0.121. The molecule has 1 unspecified atom stereocenters. The summed E-state index contributed by atoms with van der Waals surface area (Å²) in [6.45, 7) is 1.85. The lowest BCUT2D eigenvalue weighted by Crippen LogP contribution is -2.29. The van der Waals surface area contributed by atoms with E-state index in [9.17, 15) is 9.59 Å². The summed E-state index contributed by atoms with van der Waals surface area (Å²) in [6, 6.07) is 14.8. The highest BCUT2D eigenvalue weighted by molar-refractivity contribution is 7.99. The molecule has 2 N–H and O–H groups in total. The molecule has 1 atom stereocenters. The minimum absolute atomic E-state index is 0.120. The Labute approximate surface area is 204 Å². The van der Waals surface area contributed by atoms with Gasteiger partial charge in [0.05, 0.1) is 35.5 Å². The highest BCUT2D eigenvalue weighted by Gasteiger charge is 2.19. The SMILES string of the molecule is COc1ccc(CC(=O)NC(C)c2nnc(SCC(=O)Nc3nc4ccccc4s3)n2C)cc1. The third-order valence-corrected chi connectivity index (χ3v) is 7.00. The normalized spacial score (nSPS) is 11.9. The molecule has 4 rings (SSSR count). The number of para-hydroxylation sites is 1. The summed E-state index contributed by atoms with van der Waals surface area (Å²) >= 11 is 2.71. The minimum Gasteiger partial charge on any atom is -0.497 e. The maximum Gasteiger partial charge on any atom is 0.236 e. The Morgan fingerprint density at radius 2 is 1.88 bits per heavy atom. The van der Waals surface area contributed by atoms with Gasteiger partial charge in [0.25, 0.3) is 0 Å². The number of fused-ring (bicyclic) bond motifs is 1. The van der Waals surface area contributed by atoms with Gasteiger partial charge in [0.1, 0.15) is 5.75 Å². The predicted molar refractivity (Wildman–Crippen MR) is 133 cm³/mol. The van der Waals surface area contributed by atoms with E-state index in [0.717, 1.165) is 21.5 Å². The van der Waals surface area contributed by atoms with E-state index in [4.69, 9.17) is 4.74 Å². The first-order valence-corrected chi connectivity index (χ1v) is 12.3. The van der Waals surface area contributed by atoms with E-state index in [0.29, 0.717) is 16.1 Å². The largest absolute Gasteiger partial charge is 0.497 e. The van der Waals surface area contributed by atoms with Crippen molar-refractivity contribution in [3.8, 4) is 5.75 Å². The van der Waals surface area contributed by atoms with Gasteiger partial charge in [0.2, 0.25) is 11.8 Å². The Bertz CT molecular complexity index is 1270. The van der Waals surface area contributed by atoms with Crippen LogP contribution >= 0.6 is 23.1 Å². The number of nitrogens with zero attached hydrogens (tertiary/aromatic N) is 4. The summed E-state index contributed by atoms with van der Waals surface area (Å²) in [5.74, 6) is 1.23. The van der Waals surface area contributed by atoms with Gasteiger partial charge in [0.15, 0.2) is 16.1 Å². The maximum absolute atomic E-state index is 12.5. The fourth-order valence-corrected chi connectivity index (χ4v) is 4.93. The second-order valence-electron chi connectivity index (χ2n) is 7.54. The fourth-order valence-electron chi connectivity index (χ4n) is 3.33. The van der Waals surface area contributed by atoms with Crippen molar-refractivity contribution in [2.45, 2.75) is 24.5 Å². The molecule has 9 nitrogen and oxygen atoms in total. The summed E-state index contributed by atoms with van der Waals surface area (Å²) in [7, 11) is 3.42. The summed E-state index contributed by atoms with van der Waals surface area (Å²) in [5, 5.41) is 15.3. The molecular formula is C23H24N6O3S2. The average molecular weight is 497 g/mol. The van der Waals surface area contributed by atoms with Gasteiger partial charge in [0, 0.05) is 7.05 Å². The zero-order valence-electron chi connectivity index (χ0n) is 18.9. The van der Waals surface area contributed by atoms with Crippen molar-refractivity contribution < 1.29 is 14.3 Å². The number of methoxy groups -OCH3 is 1. The zero-order chi connectivity index (χ0) is 24.1. The van der Waals surface area contributed by atoms with Crippen LogP contribution in [0.15, 0.2) is 53.7 Å². The molecule has 0 saturated heterocycles. The van der Waals surface area contributed by atoms with Crippen LogP contribution in [0, 0.1) is 0 Å². The third-order valence-electron chi connectivity index (χ3n) is 5.03. The smallest absolute Gasteiger partial charge is 0.236 e. The Hall–Kier alpha value is -3.44. The first-order valence-electron chi connectivity index (χ1n) is 10.5. The molecule has 0 bridgehead atoms. The second-order valence-corrected chi connectivity index (χ2v) is 9.51. The monoisotopic (exact) mass is 496 g/mol. The number of benzene rings is 2. The van der Waals surface area contributed by atoms with E-state index >= 15 is 0 Å². The van der Waals surface area contributed by atoms with Crippen LogP contribution in [0.25, 0.3) is 10.2 Å². The van der Waals surface area contributed by atoms with E-state index in [2.05, 4.69) is 25.8 Å². The van der Waals surface area contributed by atoms with E-state index in [1.807, 2.05) is 62.5 Å². The van der Waals surface area contributed by atoms with E-state index in [1.54, 1.807) is 11.7 Å². The molecule has 0 spiro atoms. The number of rotatable bonds is 9. The number of thioether (sulfide) groups is 1. The van der Waals surface area contributed by atoms with Gasteiger partial charge in [-0.3, -0.25) is 9.59 Å². The van der Waals surface area contributed by atoms with Crippen molar-refractivity contribution in [2.24, 2.45) is 7.05 Å². The Balaban J connectivity index is 1.29. The van der Waals surface area contributed by atoms with Gasteiger partial charge < -0.3 is 19.9 Å². The first-order chi connectivity index (χ1) is 16.4. The Kier molecular flexibility index (Phi) is 7.43. The molecule has 0 aliphatic heterocycles. The molecule has 176 valence electrons. The molecule has 4 aromatic rings. The number of hydrogen-bond acceptors (Lipinski definition) is 8. The van der Waals surface area contributed by atoms with Crippen molar-refractivity contribution in [2.75, 3.05) is 18.2 Å². The molecule has 0 radical (unpaired) electrons. The van der Waals surface area contributed by atoms with Gasteiger partial charge in [-0.15, -0.1) is 10.2 Å². The molecule has 0 fully saturated rings. The molecule has 2 aromatic carbocycles. The third kappa shape index (κ3) is 5.72. The van der Waals surface area contributed by atoms with E-state index in [1.165, 1.54) is 23.1 Å². The van der Waals surface area contributed by atoms with Crippen molar-refractivity contribution in [1.29, 1.82) is 0 Å². The van der Waals surface area contributed by atoms with Crippen LogP contribution < -0.4 is 15.4 Å². The molecule has 2 amide bonds. The van der Waals surface area contributed by atoms with Crippen LogP contribution in [0.3, 0.4) is 0 Å². The number of amides is 2. The van der Waals surface area contributed by atoms with Crippen molar-refractivity contribution >= 4 is 50.3 Å². The highest BCUT2D eigenvalue weighted by atomic mass is 32.2. The minimum atomic E-state index is -0.339. The molecule has 2 aromatic heterocycles.